The van der Waals surface area contributed by atoms with Crippen LogP contribution in [0.4, 0.5) is 0 Å². The Labute approximate surface area is 115 Å². The normalized spacial score (nSPS) is 12.6. The first kappa shape index (κ1) is 14.9. The number of nitrogens with zero attached hydrogens (tertiary/aromatic N) is 2. The van der Waals surface area contributed by atoms with Crippen molar-refractivity contribution >= 4 is 21.8 Å². The smallest absolute Gasteiger partial charge is 0.268 e. The first-order chi connectivity index (χ1) is 8.32. The Morgan fingerprint density at radius 3 is 2.67 bits per heavy atom. The summed E-state index contributed by atoms with van der Waals surface area (Å²) in [5.74, 6) is 0.171. The summed E-state index contributed by atoms with van der Waals surface area (Å²) in [4.78, 5) is 27.6. The minimum atomic E-state index is -0.241. The molecule has 0 aromatic carbocycles. The van der Waals surface area contributed by atoms with Crippen molar-refractivity contribution in [1.29, 1.82) is 0 Å². The van der Waals surface area contributed by atoms with Crippen LogP contribution in [0.15, 0.2) is 15.6 Å². The third-order valence-electron chi connectivity index (χ3n) is 2.86. The summed E-state index contributed by atoms with van der Waals surface area (Å²) in [5.41, 5.74) is 0.377. The number of aromatic nitrogens is 2. The number of halogens is 1. The lowest BCUT2D eigenvalue weighted by atomic mass is 10.1. The first-order valence-electron chi connectivity index (χ1n) is 5.83. The summed E-state index contributed by atoms with van der Waals surface area (Å²) < 4.78 is 1.69. The summed E-state index contributed by atoms with van der Waals surface area (Å²) in [6.07, 6.45) is 1.39. The molecule has 1 heterocycles. The molecule has 0 saturated heterocycles. The molecule has 0 fully saturated rings. The molecule has 1 aromatic rings. The van der Waals surface area contributed by atoms with Crippen LogP contribution in [0.5, 0.6) is 0 Å². The molecule has 1 aromatic heterocycles. The van der Waals surface area contributed by atoms with Crippen molar-refractivity contribution in [2.75, 3.05) is 0 Å². The standard InChI is InChI=1S/C12H18BrN3O2/c1-7(2)8(3)15-10(17)5-16-6-14-9(4)11(13)12(16)18/h6-8H,5H2,1-4H3,(H,15,17). The summed E-state index contributed by atoms with van der Waals surface area (Å²) in [7, 11) is 0. The molecule has 1 atom stereocenters. The van der Waals surface area contributed by atoms with Crippen LogP contribution in [-0.4, -0.2) is 21.5 Å². The monoisotopic (exact) mass is 315 g/mol. The number of hydrogen-bond acceptors (Lipinski definition) is 3. The lowest BCUT2D eigenvalue weighted by molar-refractivity contribution is -0.122. The number of carbonyl (C=O) groups is 1. The zero-order chi connectivity index (χ0) is 13.9. The highest BCUT2D eigenvalue weighted by molar-refractivity contribution is 9.10. The fourth-order valence-corrected chi connectivity index (χ4v) is 1.61. The number of amides is 1. The molecule has 0 aliphatic carbocycles. The maximum absolute atomic E-state index is 11.8. The highest BCUT2D eigenvalue weighted by Crippen LogP contribution is 2.06. The van der Waals surface area contributed by atoms with Gasteiger partial charge in [0.2, 0.25) is 5.91 Å². The quantitative estimate of drug-likeness (QED) is 0.915. The van der Waals surface area contributed by atoms with E-state index in [1.54, 1.807) is 6.92 Å². The van der Waals surface area contributed by atoms with Crippen LogP contribution in [0.2, 0.25) is 0 Å². The van der Waals surface area contributed by atoms with Gasteiger partial charge in [-0.3, -0.25) is 14.2 Å². The Hall–Kier alpha value is -1.17. The fourth-order valence-electron chi connectivity index (χ4n) is 1.28. The second kappa shape index (κ2) is 6.13. The molecule has 1 N–H and O–H groups in total. The van der Waals surface area contributed by atoms with Crippen LogP contribution in [0.1, 0.15) is 26.5 Å². The van der Waals surface area contributed by atoms with Crippen LogP contribution in [-0.2, 0) is 11.3 Å². The van der Waals surface area contributed by atoms with E-state index in [0.29, 0.717) is 16.1 Å². The Balaban J connectivity index is 2.77. The van der Waals surface area contributed by atoms with E-state index in [1.165, 1.54) is 10.9 Å². The van der Waals surface area contributed by atoms with E-state index < -0.39 is 0 Å². The SMILES string of the molecule is Cc1ncn(CC(=O)NC(C)C(C)C)c(=O)c1Br. The number of rotatable bonds is 4. The predicted octanol–water partition coefficient (Wildman–Crippen LogP) is 1.47. The summed E-state index contributed by atoms with van der Waals surface area (Å²) >= 11 is 3.17. The van der Waals surface area contributed by atoms with Gasteiger partial charge in [-0.2, -0.15) is 0 Å². The van der Waals surface area contributed by atoms with Gasteiger partial charge in [0, 0.05) is 6.04 Å². The van der Waals surface area contributed by atoms with Crippen molar-refractivity contribution in [3.8, 4) is 0 Å². The average molecular weight is 316 g/mol. The lowest BCUT2D eigenvalue weighted by Gasteiger charge is -2.17. The van der Waals surface area contributed by atoms with Crippen LogP contribution in [0.25, 0.3) is 0 Å². The number of nitrogens with one attached hydrogen (secondary N) is 1. The molecule has 0 aliphatic heterocycles. The van der Waals surface area contributed by atoms with Gasteiger partial charge in [0.25, 0.3) is 5.56 Å². The van der Waals surface area contributed by atoms with Crippen molar-refractivity contribution in [3.63, 3.8) is 0 Å². The third-order valence-corrected chi connectivity index (χ3v) is 3.77. The van der Waals surface area contributed by atoms with Crippen LogP contribution in [0, 0.1) is 12.8 Å². The summed E-state index contributed by atoms with van der Waals surface area (Å²) in [6.45, 7) is 7.72. The zero-order valence-electron chi connectivity index (χ0n) is 11.0. The predicted molar refractivity (Wildman–Crippen MR) is 73.4 cm³/mol. The van der Waals surface area contributed by atoms with Gasteiger partial charge in [0.05, 0.1) is 12.0 Å². The number of hydrogen-bond donors (Lipinski definition) is 1. The number of carbonyl (C=O) groups excluding carboxylic acids is 1. The second-order valence-electron chi connectivity index (χ2n) is 4.68. The van der Waals surface area contributed by atoms with E-state index in [9.17, 15) is 9.59 Å². The van der Waals surface area contributed by atoms with Gasteiger partial charge in [-0.25, -0.2) is 4.98 Å². The van der Waals surface area contributed by atoms with E-state index in [0.717, 1.165) is 0 Å². The summed E-state index contributed by atoms with van der Waals surface area (Å²) in [6, 6.07) is 0.0788. The molecular weight excluding hydrogens is 298 g/mol. The van der Waals surface area contributed by atoms with Crippen LogP contribution >= 0.6 is 15.9 Å². The van der Waals surface area contributed by atoms with Crippen LogP contribution in [0.3, 0.4) is 0 Å². The molecule has 0 spiro atoms. The molecule has 18 heavy (non-hydrogen) atoms. The largest absolute Gasteiger partial charge is 0.352 e. The first-order valence-corrected chi connectivity index (χ1v) is 6.63. The zero-order valence-corrected chi connectivity index (χ0v) is 12.6. The molecule has 0 aliphatic rings. The molecule has 1 amide bonds. The van der Waals surface area contributed by atoms with Gasteiger partial charge >= 0.3 is 0 Å². The highest BCUT2D eigenvalue weighted by Gasteiger charge is 2.13. The minimum absolute atomic E-state index is 0.0121. The molecule has 0 bridgehead atoms. The molecular formula is C12H18BrN3O2. The number of aryl methyl sites for hydroxylation is 1. The molecule has 6 heteroatoms. The van der Waals surface area contributed by atoms with E-state index >= 15 is 0 Å². The topological polar surface area (TPSA) is 64.0 Å². The molecule has 1 rings (SSSR count). The maximum atomic E-state index is 11.8. The van der Waals surface area contributed by atoms with E-state index in [-0.39, 0.29) is 24.1 Å². The van der Waals surface area contributed by atoms with Gasteiger partial charge in [0.15, 0.2) is 0 Å². The van der Waals surface area contributed by atoms with E-state index in [1.807, 2.05) is 20.8 Å². The summed E-state index contributed by atoms with van der Waals surface area (Å²) in [5, 5.41) is 2.85. The molecule has 1 unspecified atom stereocenters. The lowest BCUT2D eigenvalue weighted by Crippen LogP contribution is -2.40. The highest BCUT2D eigenvalue weighted by atomic mass is 79.9. The van der Waals surface area contributed by atoms with Crippen molar-refractivity contribution in [2.45, 2.75) is 40.3 Å². The van der Waals surface area contributed by atoms with Gasteiger partial charge in [-0.15, -0.1) is 0 Å². The maximum Gasteiger partial charge on any atom is 0.268 e. The van der Waals surface area contributed by atoms with Gasteiger partial charge in [-0.1, -0.05) is 13.8 Å². The van der Waals surface area contributed by atoms with E-state index in [2.05, 4.69) is 26.2 Å². The second-order valence-corrected chi connectivity index (χ2v) is 5.47. The van der Waals surface area contributed by atoms with Crippen LogP contribution < -0.4 is 10.9 Å². The van der Waals surface area contributed by atoms with Gasteiger partial charge in [0.1, 0.15) is 11.0 Å². The Kier molecular flexibility index (Phi) is 5.07. The van der Waals surface area contributed by atoms with Gasteiger partial charge < -0.3 is 5.32 Å². The van der Waals surface area contributed by atoms with E-state index in [4.69, 9.17) is 0 Å². The third kappa shape index (κ3) is 3.66. The Morgan fingerprint density at radius 2 is 2.11 bits per heavy atom. The fraction of sp³-hybridized carbons (Fsp3) is 0.583. The Bertz CT molecular complexity index is 497. The van der Waals surface area contributed by atoms with Crippen molar-refractivity contribution in [2.24, 2.45) is 5.92 Å². The average Bonchev–Trinajstić information content (AvgIpc) is 2.29. The molecule has 5 nitrogen and oxygen atoms in total. The van der Waals surface area contributed by atoms with Crippen molar-refractivity contribution < 1.29 is 4.79 Å². The molecule has 100 valence electrons. The Morgan fingerprint density at radius 1 is 1.50 bits per heavy atom. The minimum Gasteiger partial charge on any atom is -0.352 e. The molecule has 0 radical (unpaired) electrons. The van der Waals surface area contributed by atoms with Crippen molar-refractivity contribution in [1.82, 2.24) is 14.9 Å². The van der Waals surface area contributed by atoms with Gasteiger partial charge in [-0.05, 0) is 35.7 Å². The molecule has 0 saturated carbocycles. The van der Waals surface area contributed by atoms with Crippen molar-refractivity contribution in [3.05, 3.63) is 26.8 Å².